The van der Waals surface area contributed by atoms with Gasteiger partial charge in [-0.3, -0.25) is 9.59 Å². The lowest BCUT2D eigenvalue weighted by Crippen LogP contribution is -2.32. The summed E-state index contributed by atoms with van der Waals surface area (Å²) in [6.07, 6.45) is 0.256. The number of amides is 2. The minimum atomic E-state index is -0.304. The van der Waals surface area contributed by atoms with E-state index in [9.17, 15) is 9.59 Å². The molecule has 24 heavy (non-hydrogen) atoms. The number of rotatable bonds is 4. The lowest BCUT2D eigenvalue weighted by molar-refractivity contribution is -0.126. The second-order valence-electron chi connectivity index (χ2n) is 6.09. The van der Waals surface area contributed by atoms with E-state index in [1.807, 2.05) is 55.5 Å². The second-order valence-corrected chi connectivity index (χ2v) is 7.01. The molecule has 2 aromatic carbocycles. The smallest absolute Gasteiger partial charge is 0.227 e. The molecule has 4 nitrogen and oxygen atoms in total. The van der Waals surface area contributed by atoms with E-state index in [-0.39, 0.29) is 24.2 Å². The van der Waals surface area contributed by atoms with Gasteiger partial charge >= 0.3 is 0 Å². The Hall–Kier alpha value is -2.14. The SMILES string of the molecule is Cc1cccc(CNC(=O)C2CC(=O)N(c3cccc(Br)c3)C2)c1. The van der Waals surface area contributed by atoms with E-state index in [4.69, 9.17) is 0 Å². The Bertz CT molecular complexity index is 775. The number of benzene rings is 2. The first kappa shape index (κ1) is 16.7. The highest BCUT2D eigenvalue weighted by atomic mass is 79.9. The van der Waals surface area contributed by atoms with Gasteiger partial charge in [-0.1, -0.05) is 51.8 Å². The summed E-state index contributed by atoms with van der Waals surface area (Å²) in [6.45, 7) is 2.94. The maximum atomic E-state index is 12.4. The van der Waals surface area contributed by atoms with Gasteiger partial charge in [0.2, 0.25) is 11.8 Å². The van der Waals surface area contributed by atoms with Crippen LogP contribution < -0.4 is 10.2 Å². The molecule has 2 aromatic rings. The Morgan fingerprint density at radius 2 is 2.04 bits per heavy atom. The number of aryl methyl sites for hydroxylation is 1. The van der Waals surface area contributed by atoms with Crippen LogP contribution in [0.5, 0.6) is 0 Å². The van der Waals surface area contributed by atoms with Crippen molar-refractivity contribution in [2.45, 2.75) is 19.9 Å². The summed E-state index contributed by atoms with van der Waals surface area (Å²) in [5.74, 6) is -0.382. The molecule has 1 heterocycles. The van der Waals surface area contributed by atoms with Gasteiger partial charge in [-0.25, -0.2) is 0 Å². The molecule has 124 valence electrons. The van der Waals surface area contributed by atoms with Crippen LogP contribution in [0.1, 0.15) is 17.5 Å². The number of hydrogen-bond acceptors (Lipinski definition) is 2. The van der Waals surface area contributed by atoms with Gasteiger partial charge in [0.25, 0.3) is 0 Å². The Morgan fingerprint density at radius 1 is 1.25 bits per heavy atom. The van der Waals surface area contributed by atoms with E-state index in [0.29, 0.717) is 13.1 Å². The van der Waals surface area contributed by atoms with E-state index >= 15 is 0 Å². The lowest BCUT2D eigenvalue weighted by atomic mass is 10.1. The van der Waals surface area contributed by atoms with E-state index in [0.717, 1.165) is 15.7 Å². The number of carbonyl (C=O) groups excluding carboxylic acids is 2. The van der Waals surface area contributed by atoms with Gasteiger partial charge in [-0.15, -0.1) is 0 Å². The van der Waals surface area contributed by atoms with Crippen molar-refractivity contribution in [3.63, 3.8) is 0 Å². The highest BCUT2D eigenvalue weighted by Gasteiger charge is 2.35. The summed E-state index contributed by atoms with van der Waals surface area (Å²) >= 11 is 3.41. The molecule has 1 aliphatic rings. The minimum Gasteiger partial charge on any atom is -0.352 e. The number of anilines is 1. The van der Waals surface area contributed by atoms with E-state index < -0.39 is 0 Å². The van der Waals surface area contributed by atoms with Crippen LogP contribution in [0, 0.1) is 12.8 Å². The highest BCUT2D eigenvalue weighted by Crippen LogP contribution is 2.27. The summed E-state index contributed by atoms with van der Waals surface area (Å²) in [5.41, 5.74) is 3.05. The summed E-state index contributed by atoms with van der Waals surface area (Å²) in [7, 11) is 0. The normalized spacial score (nSPS) is 17.2. The maximum absolute atomic E-state index is 12.4. The van der Waals surface area contributed by atoms with Gasteiger partial charge < -0.3 is 10.2 Å². The predicted octanol–water partition coefficient (Wildman–Crippen LogP) is 3.43. The summed E-state index contributed by atoms with van der Waals surface area (Å²) in [5, 5.41) is 2.94. The van der Waals surface area contributed by atoms with Gasteiger partial charge in [0.1, 0.15) is 0 Å². The minimum absolute atomic E-state index is 0.0104. The first-order valence-corrected chi connectivity index (χ1v) is 8.71. The monoisotopic (exact) mass is 386 g/mol. The molecule has 0 radical (unpaired) electrons. The molecular formula is C19H19BrN2O2. The second kappa shape index (κ2) is 7.18. The zero-order valence-electron chi connectivity index (χ0n) is 13.5. The van der Waals surface area contributed by atoms with E-state index in [1.54, 1.807) is 4.90 Å². The fraction of sp³-hybridized carbons (Fsp3) is 0.263. The average Bonchev–Trinajstić information content (AvgIpc) is 2.95. The largest absolute Gasteiger partial charge is 0.352 e. The van der Waals surface area contributed by atoms with Crippen molar-refractivity contribution in [2.24, 2.45) is 5.92 Å². The quantitative estimate of drug-likeness (QED) is 0.874. The molecular weight excluding hydrogens is 368 g/mol. The third kappa shape index (κ3) is 3.85. The topological polar surface area (TPSA) is 49.4 Å². The summed E-state index contributed by atoms with van der Waals surface area (Å²) in [4.78, 5) is 26.3. The Kier molecular flexibility index (Phi) is 5.00. The molecule has 0 saturated carbocycles. The third-order valence-electron chi connectivity index (χ3n) is 4.16. The van der Waals surface area contributed by atoms with Crippen molar-refractivity contribution < 1.29 is 9.59 Å². The van der Waals surface area contributed by atoms with E-state index in [2.05, 4.69) is 21.2 Å². The first-order chi connectivity index (χ1) is 11.5. The highest BCUT2D eigenvalue weighted by molar-refractivity contribution is 9.10. The lowest BCUT2D eigenvalue weighted by Gasteiger charge is -2.17. The molecule has 5 heteroatoms. The number of hydrogen-bond donors (Lipinski definition) is 1. The fourth-order valence-corrected chi connectivity index (χ4v) is 3.32. The molecule has 0 aliphatic carbocycles. The zero-order valence-corrected chi connectivity index (χ0v) is 15.0. The maximum Gasteiger partial charge on any atom is 0.227 e. The summed E-state index contributed by atoms with van der Waals surface area (Å²) < 4.78 is 0.917. The zero-order chi connectivity index (χ0) is 17.1. The molecule has 0 bridgehead atoms. The molecule has 0 spiro atoms. The molecule has 1 fully saturated rings. The Balaban J connectivity index is 1.61. The molecule has 1 saturated heterocycles. The molecule has 3 rings (SSSR count). The van der Waals surface area contributed by atoms with Gasteiger partial charge in [0.15, 0.2) is 0 Å². The molecule has 2 amide bonds. The van der Waals surface area contributed by atoms with Crippen molar-refractivity contribution in [2.75, 3.05) is 11.4 Å². The van der Waals surface area contributed by atoms with Crippen LogP contribution in [0.3, 0.4) is 0 Å². The van der Waals surface area contributed by atoms with Crippen LogP contribution >= 0.6 is 15.9 Å². The number of halogens is 1. The van der Waals surface area contributed by atoms with Gasteiger partial charge in [0, 0.05) is 29.7 Å². The summed E-state index contributed by atoms with van der Waals surface area (Å²) in [6, 6.07) is 15.6. The molecule has 0 aromatic heterocycles. The molecule has 1 atom stereocenters. The van der Waals surface area contributed by atoms with Crippen molar-refractivity contribution in [3.05, 3.63) is 64.1 Å². The average molecular weight is 387 g/mol. The number of carbonyl (C=O) groups is 2. The fourth-order valence-electron chi connectivity index (χ4n) is 2.93. The van der Waals surface area contributed by atoms with Crippen molar-refractivity contribution in [3.8, 4) is 0 Å². The van der Waals surface area contributed by atoms with Crippen molar-refractivity contribution in [1.82, 2.24) is 5.32 Å². The molecule has 1 unspecified atom stereocenters. The van der Waals surface area contributed by atoms with E-state index in [1.165, 1.54) is 5.56 Å². The third-order valence-corrected chi connectivity index (χ3v) is 4.66. The van der Waals surface area contributed by atoms with Crippen LogP contribution in [0.2, 0.25) is 0 Å². The molecule has 1 aliphatic heterocycles. The van der Waals surface area contributed by atoms with Crippen LogP contribution in [-0.4, -0.2) is 18.4 Å². The van der Waals surface area contributed by atoms with Crippen molar-refractivity contribution >= 4 is 33.4 Å². The first-order valence-electron chi connectivity index (χ1n) is 7.92. The predicted molar refractivity (Wildman–Crippen MR) is 97.6 cm³/mol. The van der Waals surface area contributed by atoms with Crippen molar-refractivity contribution in [1.29, 1.82) is 0 Å². The number of nitrogens with one attached hydrogen (secondary N) is 1. The number of nitrogens with zero attached hydrogens (tertiary/aromatic N) is 1. The Labute approximate surface area is 150 Å². The van der Waals surface area contributed by atoms with Gasteiger partial charge in [-0.2, -0.15) is 0 Å². The van der Waals surface area contributed by atoms with Crippen LogP contribution in [0.4, 0.5) is 5.69 Å². The van der Waals surface area contributed by atoms with Gasteiger partial charge in [0.05, 0.1) is 5.92 Å². The van der Waals surface area contributed by atoms with Crippen LogP contribution in [-0.2, 0) is 16.1 Å². The van der Waals surface area contributed by atoms with Crippen LogP contribution in [0.25, 0.3) is 0 Å². The molecule has 1 N–H and O–H groups in total. The van der Waals surface area contributed by atoms with Gasteiger partial charge in [-0.05, 0) is 30.7 Å². The standard InChI is InChI=1S/C19H19BrN2O2/c1-13-4-2-5-14(8-13)11-21-19(24)15-9-18(23)22(12-15)17-7-3-6-16(20)10-17/h2-8,10,15H,9,11-12H2,1H3,(H,21,24). The van der Waals surface area contributed by atoms with Crippen LogP contribution in [0.15, 0.2) is 53.0 Å². The Morgan fingerprint density at radius 3 is 2.79 bits per heavy atom.